The first kappa shape index (κ1) is 13.5. The zero-order valence-electron chi connectivity index (χ0n) is 10.4. The monoisotopic (exact) mass is 313 g/mol. The second-order valence-corrected chi connectivity index (χ2v) is 5.80. The van der Waals surface area contributed by atoms with Crippen LogP contribution in [0.5, 0.6) is 0 Å². The van der Waals surface area contributed by atoms with Crippen LogP contribution in [0, 0.1) is 11.7 Å². The van der Waals surface area contributed by atoms with Crippen LogP contribution in [0.25, 0.3) is 0 Å². The number of benzene rings is 1. The van der Waals surface area contributed by atoms with Gasteiger partial charge in [0.25, 0.3) is 5.91 Å². The van der Waals surface area contributed by atoms with Gasteiger partial charge < -0.3 is 5.32 Å². The summed E-state index contributed by atoms with van der Waals surface area (Å²) < 4.78 is 14.3. The molecule has 1 aliphatic rings. The average molecular weight is 314 g/mol. The van der Waals surface area contributed by atoms with Gasteiger partial charge in [-0.15, -0.1) is 0 Å². The lowest BCUT2D eigenvalue weighted by molar-refractivity contribution is 0.0928. The predicted molar refractivity (Wildman–Crippen MR) is 73.0 cm³/mol. The molecule has 1 aromatic carbocycles. The summed E-state index contributed by atoms with van der Waals surface area (Å²) in [7, 11) is 0. The van der Waals surface area contributed by atoms with E-state index in [2.05, 4.69) is 21.2 Å². The van der Waals surface area contributed by atoms with Crippen molar-refractivity contribution >= 4 is 21.8 Å². The molecule has 0 bridgehead atoms. The van der Waals surface area contributed by atoms with Crippen molar-refractivity contribution in [2.75, 3.05) is 0 Å². The number of halogens is 2. The maximum atomic E-state index is 13.6. The van der Waals surface area contributed by atoms with E-state index in [1.165, 1.54) is 25.0 Å². The normalized spacial score (nSPS) is 16.4. The minimum atomic E-state index is -0.475. The maximum Gasteiger partial charge on any atom is 0.254 e. The van der Waals surface area contributed by atoms with Crippen molar-refractivity contribution in [2.24, 2.45) is 5.92 Å². The van der Waals surface area contributed by atoms with Gasteiger partial charge >= 0.3 is 0 Å². The van der Waals surface area contributed by atoms with Crippen molar-refractivity contribution in [3.8, 4) is 0 Å². The molecule has 2 nitrogen and oxygen atoms in total. The molecule has 18 heavy (non-hydrogen) atoms. The van der Waals surface area contributed by atoms with Gasteiger partial charge in [0.05, 0.1) is 5.56 Å². The van der Waals surface area contributed by atoms with E-state index in [4.69, 9.17) is 0 Å². The highest BCUT2D eigenvalue weighted by atomic mass is 79.9. The van der Waals surface area contributed by atoms with Crippen LogP contribution in [0.4, 0.5) is 4.39 Å². The van der Waals surface area contributed by atoms with Crippen molar-refractivity contribution in [1.82, 2.24) is 5.32 Å². The molecule has 0 radical (unpaired) electrons. The number of rotatable bonds is 5. The Morgan fingerprint density at radius 3 is 2.89 bits per heavy atom. The van der Waals surface area contributed by atoms with Gasteiger partial charge in [0.2, 0.25) is 0 Å². The summed E-state index contributed by atoms with van der Waals surface area (Å²) in [6.45, 7) is 2.05. The molecule has 0 spiro atoms. The van der Waals surface area contributed by atoms with Crippen LogP contribution in [0.1, 0.15) is 43.0 Å². The zero-order chi connectivity index (χ0) is 13.1. The van der Waals surface area contributed by atoms with E-state index in [9.17, 15) is 9.18 Å². The largest absolute Gasteiger partial charge is 0.349 e. The molecule has 1 aliphatic carbocycles. The smallest absolute Gasteiger partial charge is 0.254 e. The van der Waals surface area contributed by atoms with Gasteiger partial charge in [-0.05, 0) is 37.0 Å². The highest BCUT2D eigenvalue weighted by Crippen LogP contribution is 2.34. The molecule has 1 aromatic rings. The minimum absolute atomic E-state index is 0.110. The molecule has 0 heterocycles. The third-order valence-electron chi connectivity index (χ3n) is 3.32. The Bertz CT molecular complexity index is 445. The summed E-state index contributed by atoms with van der Waals surface area (Å²) in [5.74, 6) is -0.0409. The van der Waals surface area contributed by atoms with Crippen LogP contribution in [0.2, 0.25) is 0 Å². The van der Waals surface area contributed by atoms with Gasteiger partial charge in [-0.2, -0.15) is 0 Å². The fourth-order valence-electron chi connectivity index (χ4n) is 2.02. The van der Waals surface area contributed by atoms with Crippen LogP contribution in [-0.4, -0.2) is 11.9 Å². The lowest BCUT2D eigenvalue weighted by Gasteiger charge is -2.17. The molecule has 1 atom stereocenters. The Balaban J connectivity index is 2.02. The van der Waals surface area contributed by atoms with Crippen molar-refractivity contribution in [3.05, 3.63) is 34.1 Å². The molecule has 1 amide bonds. The molecule has 1 N–H and O–H groups in total. The van der Waals surface area contributed by atoms with E-state index in [-0.39, 0.29) is 17.5 Å². The number of carbonyl (C=O) groups excluding carboxylic acids is 1. The van der Waals surface area contributed by atoms with E-state index in [1.54, 1.807) is 6.07 Å². The van der Waals surface area contributed by atoms with Gasteiger partial charge in [-0.25, -0.2) is 4.39 Å². The molecule has 1 saturated carbocycles. The van der Waals surface area contributed by atoms with Gasteiger partial charge in [0, 0.05) is 10.5 Å². The van der Waals surface area contributed by atoms with Crippen LogP contribution < -0.4 is 5.32 Å². The van der Waals surface area contributed by atoms with Gasteiger partial charge in [-0.3, -0.25) is 4.79 Å². The maximum absolute atomic E-state index is 13.6. The van der Waals surface area contributed by atoms with Crippen molar-refractivity contribution < 1.29 is 9.18 Å². The average Bonchev–Trinajstić information content (AvgIpc) is 3.15. The predicted octanol–water partition coefficient (Wildman–Crippen LogP) is 3.90. The van der Waals surface area contributed by atoms with Crippen LogP contribution in [-0.2, 0) is 0 Å². The molecule has 1 fully saturated rings. The minimum Gasteiger partial charge on any atom is -0.349 e. The molecule has 1 unspecified atom stereocenters. The van der Waals surface area contributed by atoms with E-state index in [1.807, 2.05) is 6.92 Å². The summed E-state index contributed by atoms with van der Waals surface area (Å²) in [5, 5.41) is 2.92. The third-order valence-corrected chi connectivity index (χ3v) is 3.81. The molecule has 2 rings (SSSR count). The highest BCUT2D eigenvalue weighted by Gasteiger charge is 2.26. The standard InChI is InChI=1S/C14H17BrFNO/c1-2-11(7-9-3-4-9)17-14(18)12-8-10(15)5-6-13(12)16/h5-6,8-9,11H,2-4,7H2,1H3,(H,17,18). The number of carbonyl (C=O) groups is 1. The Labute approximate surface area is 115 Å². The second kappa shape index (κ2) is 5.83. The Hall–Kier alpha value is -0.900. The zero-order valence-corrected chi connectivity index (χ0v) is 12.0. The first-order valence-corrected chi connectivity index (χ1v) is 7.15. The van der Waals surface area contributed by atoms with Gasteiger partial charge in [0.15, 0.2) is 0 Å². The fourth-order valence-corrected chi connectivity index (χ4v) is 2.38. The molecular weight excluding hydrogens is 297 g/mol. The highest BCUT2D eigenvalue weighted by molar-refractivity contribution is 9.10. The van der Waals surface area contributed by atoms with Crippen molar-refractivity contribution in [1.29, 1.82) is 0 Å². The number of hydrogen-bond donors (Lipinski definition) is 1. The van der Waals surface area contributed by atoms with Crippen molar-refractivity contribution in [3.63, 3.8) is 0 Å². The fraction of sp³-hybridized carbons (Fsp3) is 0.500. The molecular formula is C14H17BrFNO. The first-order valence-electron chi connectivity index (χ1n) is 6.36. The topological polar surface area (TPSA) is 29.1 Å². The third kappa shape index (κ3) is 3.55. The molecule has 0 aliphatic heterocycles. The van der Waals surface area contributed by atoms with Crippen LogP contribution in [0.3, 0.4) is 0 Å². The van der Waals surface area contributed by atoms with E-state index < -0.39 is 5.82 Å². The second-order valence-electron chi connectivity index (χ2n) is 4.88. The number of nitrogens with one attached hydrogen (secondary N) is 1. The summed E-state index contributed by atoms with van der Waals surface area (Å²) >= 11 is 3.25. The first-order chi connectivity index (χ1) is 8.60. The van der Waals surface area contributed by atoms with Crippen molar-refractivity contribution in [2.45, 2.75) is 38.6 Å². The lowest BCUT2D eigenvalue weighted by Crippen LogP contribution is -2.35. The van der Waals surface area contributed by atoms with Gasteiger partial charge in [-0.1, -0.05) is 35.7 Å². The van der Waals surface area contributed by atoms with Crippen LogP contribution in [0.15, 0.2) is 22.7 Å². The summed E-state index contributed by atoms with van der Waals surface area (Å²) in [6.07, 6.45) is 4.42. The number of hydrogen-bond acceptors (Lipinski definition) is 1. The quantitative estimate of drug-likeness (QED) is 0.877. The van der Waals surface area contributed by atoms with E-state index in [0.29, 0.717) is 4.47 Å². The summed E-state index contributed by atoms with van der Waals surface area (Å²) in [6, 6.07) is 4.58. The summed E-state index contributed by atoms with van der Waals surface area (Å²) in [4.78, 5) is 12.0. The molecule has 0 aromatic heterocycles. The molecule has 98 valence electrons. The van der Waals surface area contributed by atoms with Gasteiger partial charge in [0.1, 0.15) is 5.82 Å². The van der Waals surface area contributed by atoms with Crippen LogP contribution >= 0.6 is 15.9 Å². The Kier molecular flexibility index (Phi) is 4.38. The number of amides is 1. The Morgan fingerprint density at radius 1 is 1.56 bits per heavy atom. The SMILES string of the molecule is CCC(CC1CC1)NC(=O)c1cc(Br)ccc1F. The molecule has 4 heteroatoms. The molecule has 0 saturated heterocycles. The summed E-state index contributed by atoms with van der Waals surface area (Å²) in [5.41, 5.74) is 0.110. The Morgan fingerprint density at radius 2 is 2.28 bits per heavy atom. The van der Waals surface area contributed by atoms with E-state index in [0.717, 1.165) is 18.8 Å². The lowest BCUT2D eigenvalue weighted by atomic mass is 10.1. The van der Waals surface area contributed by atoms with E-state index >= 15 is 0 Å².